The Morgan fingerprint density at radius 2 is 2.24 bits per heavy atom. The summed E-state index contributed by atoms with van der Waals surface area (Å²) in [6.45, 7) is 1.97. The highest BCUT2D eigenvalue weighted by Gasteiger charge is 2.19. The Kier molecular flexibility index (Phi) is 3.24. The Morgan fingerprint density at radius 1 is 1.48 bits per heavy atom. The first-order valence-corrected chi connectivity index (χ1v) is 7.16. The summed E-state index contributed by atoms with van der Waals surface area (Å²) in [7, 11) is 0. The van der Waals surface area contributed by atoms with Crippen LogP contribution >= 0.6 is 11.3 Å². The molecule has 2 aromatic rings. The summed E-state index contributed by atoms with van der Waals surface area (Å²) >= 11 is 0.975. The van der Waals surface area contributed by atoms with Crippen LogP contribution in [-0.4, -0.2) is 15.4 Å². The summed E-state index contributed by atoms with van der Waals surface area (Å²) in [6, 6.07) is 7.77. The first kappa shape index (κ1) is 13.4. The van der Waals surface area contributed by atoms with Gasteiger partial charge in [-0.05, 0) is 19.1 Å². The second kappa shape index (κ2) is 5.08. The number of rotatable bonds is 2. The summed E-state index contributed by atoms with van der Waals surface area (Å²) in [5, 5.41) is 10.1. The third-order valence-electron chi connectivity index (χ3n) is 3.29. The van der Waals surface area contributed by atoms with Gasteiger partial charge < -0.3 is 5.11 Å². The minimum Gasteiger partial charge on any atom is -0.493 e. The molecule has 104 valence electrons. The molecule has 21 heavy (non-hydrogen) atoms. The zero-order chi connectivity index (χ0) is 15.0. The van der Waals surface area contributed by atoms with Crippen molar-refractivity contribution in [1.29, 1.82) is 0 Å². The molecule has 0 bridgehead atoms. The van der Waals surface area contributed by atoms with Gasteiger partial charge in [0.25, 0.3) is 0 Å². The molecule has 0 atom stereocenters. The number of thiazole rings is 1. The first-order valence-electron chi connectivity index (χ1n) is 6.34. The van der Waals surface area contributed by atoms with Gasteiger partial charge in [0.15, 0.2) is 0 Å². The number of allylic oxidation sites excluding steroid dienone is 1. The molecular formula is C16H12N2O2S. The minimum atomic E-state index is -0.266. The molecule has 0 saturated heterocycles. The maximum Gasteiger partial charge on any atom is 0.311 e. The number of para-hydroxylation sites is 1. The number of aromatic nitrogens is 1. The van der Waals surface area contributed by atoms with Crippen molar-refractivity contribution >= 4 is 34.4 Å². The minimum absolute atomic E-state index is 0.0635. The Labute approximate surface area is 125 Å². The van der Waals surface area contributed by atoms with Gasteiger partial charge >= 0.3 is 4.87 Å². The molecule has 2 heterocycles. The van der Waals surface area contributed by atoms with Crippen molar-refractivity contribution < 1.29 is 5.11 Å². The predicted molar refractivity (Wildman–Crippen MR) is 86.2 cm³/mol. The second-order valence-corrected chi connectivity index (χ2v) is 5.61. The van der Waals surface area contributed by atoms with Gasteiger partial charge in [-0.3, -0.25) is 14.4 Å². The normalized spacial score (nSPS) is 14.9. The van der Waals surface area contributed by atoms with Crippen LogP contribution in [0.15, 0.2) is 34.1 Å². The van der Waals surface area contributed by atoms with Crippen LogP contribution in [0.5, 0.6) is 5.88 Å². The van der Waals surface area contributed by atoms with Crippen LogP contribution in [0.3, 0.4) is 0 Å². The first-order chi connectivity index (χ1) is 10.1. The number of aliphatic imine (C=N–C) groups is 1. The Balaban J connectivity index is 2.13. The number of nitrogens with zero attached hydrogens (tertiary/aromatic N) is 2. The van der Waals surface area contributed by atoms with Crippen LogP contribution in [0.25, 0.3) is 11.6 Å². The van der Waals surface area contributed by atoms with E-state index in [1.807, 2.05) is 31.2 Å². The molecule has 1 N–H and O–H groups in total. The lowest BCUT2D eigenvalue weighted by atomic mass is 10.0. The van der Waals surface area contributed by atoms with Gasteiger partial charge in [0.05, 0.1) is 17.1 Å². The molecule has 1 aliphatic heterocycles. The van der Waals surface area contributed by atoms with Gasteiger partial charge in [-0.2, -0.15) is 0 Å². The zero-order valence-electron chi connectivity index (χ0n) is 11.3. The van der Waals surface area contributed by atoms with Gasteiger partial charge in [-0.15, -0.1) is 6.42 Å². The van der Waals surface area contributed by atoms with E-state index in [0.29, 0.717) is 4.88 Å². The molecule has 0 aliphatic carbocycles. The molecule has 0 radical (unpaired) electrons. The van der Waals surface area contributed by atoms with Crippen LogP contribution in [0.4, 0.5) is 5.69 Å². The molecule has 0 amide bonds. The van der Waals surface area contributed by atoms with Gasteiger partial charge in [0.2, 0.25) is 5.88 Å². The third kappa shape index (κ3) is 2.20. The average molecular weight is 296 g/mol. The summed E-state index contributed by atoms with van der Waals surface area (Å²) in [4.78, 5) is 16.5. The molecule has 1 aliphatic rings. The Bertz CT molecular complexity index is 878. The van der Waals surface area contributed by atoms with Gasteiger partial charge in [-0.25, -0.2) is 0 Å². The van der Waals surface area contributed by atoms with Crippen LogP contribution in [0, 0.1) is 12.3 Å². The molecule has 1 aromatic carbocycles. The summed E-state index contributed by atoms with van der Waals surface area (Å²) in [6.07, 6.45) is 7.00. The van der Waals surface area contributed by atoms with Crippen molar-refractivity contribution in [3.8, 4) is 18.2 Å². The zero-order valence-corrected chi connectivity index (χ0v) is 12.1. The lowest BCUT2D eigenvalue weighted by molar-refractivity contribution is 0.423. The molecule has 3 rings (SSSR count). The van der Waals surface area contributed by atoms with Crippen molar-refractivity contribution in [3.63, 3.8) is 0 Å². The van der Waals surface area contributed by atoms with E-state index >= 15 is 0 Å². The highest BCUT2D eigenvalue weighted by molar-refractivity contribution is 7.10. The van der Waals surface area contributed by atoms with E-state index in [-0.39, 0.29) is 17.3 Å². The van der Waals surface area contributed by atoms with Crippen molar-refractivity contribution in [2.75, 3.05) is 0 Å². The fourth-order valence-corrected chi connectivity index (χ4v) is 3.11. The van der Waals surface area contributed by atoms with E-state index in [2.05, 4.69) is 10.9 Å². The number of aromatic hydroxyl groups is 1. The van der Waals surface area contributed by atoms with Gasteiger partial charge in [0, 0.05) is 16.8 Å². The van der Waals surface area contributed by atoms with Gasteiger partial charge in [-0.1, -0.05) is 35.5 Å². The topological polar surface area (TPSA) is 54.6 Å². The van der Waals surface area contributed by atoms with Crippen LogP contribution in [0.2, 0.25) is 0 Å². The molecule has 0 fully saturated rings. The smallest absolute Gasteiger partial charge is 0.311 e. The second-order valence-electron chi connectivity index (χ2n) is 4.62. The summed E-state index contributed by atoms with van der Waals surface area (Å²) < 4.78 is 1.18. The molecule has 0 spiro atoms. The van der Waals surface area contributed by atoms with E-state index in [9.17, 15) is 9.90 Å². The fourth-order valence-electron chi connectivity index (χ4n) is 2.29. The number of terminal acetylenes is 1. The largest absolute Gasteiger partial charge is 0.493 e. The molecule has 4 nitrogen and oxygen atoms in total. The number of hydrogen-bond acceptors (Lipinski definition) is 4. The van der Waals surface area contributed by atoms with Crippen LogP contribution in [-0.2, 0) is 6.54 Å². The lowest BCUT2D eigenvalue weighted by Crippen LogP contribution is -2.10. The van der Waals surface area contributed by atoms with E-state index in [4.69, 9.17) is 6.42 Å². The van der Waals surface area contributed by atoms with Crippen LogP contribution < -0.4 is 4.87 Å². The van der Waals surface area contributed by atoms with Crippen molar-refractivity contribution in [2.24, 2.45) is 4.99 Å². The number of benzene rings is 1. The summed E-state index contributed by atoms with van der Waals surface area (Å²) in [5.41, 5.74) is 3.67. The summed E-state index contributed by atoms with van der Waals surface area (Å²) in [5.74, 6) is 2.27. The Hall–Kier alpha value is -2.58. The average Bonchev–Trinajstić information content (AvgIpc) is 2.92. The number of fused-ring (bicyclic) bond motifs is 1. The SMILES string of the molecule is C#CCn1c(O)c(/C=C2/C(C)=Nc3ccccc32)sc1=O. The third-order valence-corrected chi connectivity index (χ3v) is 4.21. The quantitative estimate of drug-likeness (QED) is 0.866. The highest BCUT2D eigenvalue weighted by Crippen LogP contribution is 2.37. The van der Waals surface area contributed by atoms with E-state index < -0.39 is 0 Å². The standard InChI is InChI=1S/C16H12N2O2S/c1-3-8-18-15(19)14(21-16(18)20)9-12-10(2)17-13-7-5-4-6-11(12)13/h1,4-7,9,19H,8H2,2H3/b12-9-. The molecule has 5 heteroatoms. The molecular weight excluding hydrogens is 284 g/mol. The lowest BCUT2D eigenvalue weighted by Gasteiger charge is -2.01. The maximum atomic E-state index is 11.8. The highest BCUT2D eigenvalue weighted by atomic mass is 32.1. The molecule has 0 saturated carbocycles. The molecule has 0 unspecified atom stereocenters. The van der Waals surface area contributed by atoms with E-state index in [1.165, 1.54) is 4.57 Å². The molecule has 1 aromatic heterocycles. The maximum absolute atomic E-state index is 11.8. The van der Waals surface area contributed by atoms with Gasteiger partial charge in [0.1, 0.15) is 0 Å². The Morgan fingerprint density at radius 3 is 3.00 bits per heavy atom. The van der Waals surface area contributed by atoms with Crippen molar-refractivity contribution in [2.45, 2.75) is 13.5 Å². The van der Waals surface area contributed by atoms with Crippen molar-refractivity contribution in [1.82, 2.24) is 4.57 Å². The van der Waals surface area contributed by atoms with Crippen molar-refractivity contribution in [3.05, 3.63) is 44.4 Å². The van der Waals surface area contributed by atoms with Crippen LogP contribution in [0.1, 0.15) is 17.4 Å². The fraction of sp³-hybridized carbons (Fsp3) is 0.125. The van der Waals surface area contributed by atoms with E-state index in [0.717, 1.165) is 33.9 Å². The van der Waals surface area contributed by atoms with E-state index in [1.54, 1.807) is 6.08 Å². The number of hydrogen-bond donors (Lipinski definition) is 1. The monoisotopic (exact) mass is 296 g/mol. The predicted octanol–water partition coefficient (Wildman–Crippen LogP) is 2.90.